The van der Waals surface area contributed by atoms with Gasteiger partial charge in [0.25, 0.3) is 0 Å². The van der Waals surface area contributed by atoms with Crippen molar-refractivity contribution in [1.29, 1.82) is 0 Å². The number of amides is 1. The van der Waals surface area contributed by atoms with E-state index in [-0.39, 0.29) is 17.4 Å². The second-order valence-corrected chi connectivity index (χ2v) is 5.30. The van der Waals surface area contributed by atoms with Gasteiger partial charge in [-0.3, -0.25) is 4.79 Å². The Morgan fingerprint density at radius 3 is 2.75 bits per heavy atom. The number of nitrogens with two attached hydrogens (primary N) is 1. The Kier molecular flexibility index (Phi) is 4.09. The maximum absolute atomic E-state index is 12.4. The maximum Gasteiger partial charge on any atom is 0.335 e. The molecule has 3 N–H and O–H groups in total. The van der Waals surface area contributed by atoms with Crippen molar-refractivity contribution >= 4 is 17.6 Å². The van der Waals surface area contributed by atoms with Crippen molar-refractivity contribution in [2.24, 2.45) is 11.7 Å². The molecule has 20 heavy (non-hydrogen) atoms. The Hall–Kier alpha value is -1.88. The van der Waals surface area contributed by atoms with E-state index in [1.807, 2.05) is 13.8 Å². The van der Waals surface area contributed by atoms with Crippen LogP contribution in [0.3, 0.4) is 0 Å². The smallest absolute Gasteiger partial charge is 0.335 e. The van der Waals surface area contributed by atoms with Crippen molar-refractivity contribution < 1.29 is 14.7 Å². The first kappa shape index (κ1) is 14.5. The largest absolute Gasteiger partial charge is 0.478 e. The minimum absolute atomic E-state index is 0.0822. The SMILES string of the molecule is CC[C@H](C)[C@H](N)C(=O)N1CCc2cc(C(=O)O)ccc21. The van der Waals surface area contributed by atoms with Gasteiger partial charge in [-0.05, 0) is 36.1 Å². The monoisotopic (exact) mass is 276 g/mol. The fourth-order valence-electron chi connectivity index (χ4n) is 2.44. The second kappa shape index (κ2) is 5.63. The van der Waals surface area contributed by atoms with Gasteiger partial charge >= 0.3 is 5.97 Å². The summed E-state index contributed by atoms with van der Waals surface area (Å²) in [5, 5.41) is 8.98. The molecule has 0 radical (unpaired) electrons. The van der Waals surface area contributed by atoms with Crippen LogP contribution in [0, 0.1) is 5.92 Å². The number of carboxylic acids is 1. The van der Waals surface area contributed by atoms with E-state index in [0.29, 0.717) is 13.0 Å². The van der Waals surface area contributed by atoms with Crippen LogP contribution in [0.1, 0.15) is 36.2 Å². The molecule has 108 valence electrons. The molecular weight excluding hydrogens is 256 g/mol. The molecule has 1 aromatic rings. The number of hydrogen-bond donors (Lipinski definition) is 2. The normalized spacial score (nSPS) is 16.6. The molecule has 1 aliphatic rings. The number of fused-ring (bicyclic) bond motifs is 1. The molecule has 0 spiro atoms. The first-order valence-electron chi connectivity index (χ1n) is 6.88. The molecule has 1 amide bonds. The predicted octanol–water partition coefficient (Wildman–Crippen LogP) is 1.65. The van der Waals surface area contributed by atoms with Crippen LogP contribution in [0.2, 0.25) is 0 Å². The van der Waals surface area contributed by atoms with E-state index < -0.39 is 12.0 Å². The molecule has 5 heteroatoms. The van der Waals surface area contributed by atoms with Gasteiger partial charge in [-0.25, -0.2) is 4.79 Å². The third-order valence-corrected chi connectivity index (χ3v) is 4.03. The van der Waals surface area contributed by atoms with Crippen LogP contribution in [0.25, 0.3) is 0 Å². The third kappa shape index (κ3) is 2.54. The zero-order valence-corrected chi connectivity index (χ0v) is 11.8. The highest BCUT2D eigenvalue weighted by Gasteiger charge is 2.30. The summed E-state index contributed by atoms with van der Waals surface area (Å²) in [6.45, 7) is 4.54. The summed E-state index contributed by atoms with van der Waals surface area (Å²) in [4.78, 5) is 25.0. The van der Waals surface area contributed by atoms with Crippen molar-refractivity contribution in [3.05, 3.63) is 29.3 Å². The summed E-state index contributed by atoms with van der Waals surface area (Å²) < 4.78 is 0. The van der Waals surface area contributed by atoms with Crippen molar-refractivity contribution in [3.63, 3.8) is 0 Å². The van der Waals surface area contributed by atoms with Gasteiger partial charge in [-0.15, -0.1) is 0 Å². The number of rotatable bonds is 4. The summed E-state index contributed by atoms with van der Waals surface area (Å²) in [6.07, 6.45) is 1.53. The lowest BCUT2D eigenvalue weighted by Gasteiger charge is -2.24. The summed E-state index contributed by atoms with van der Waals surface area (Å²) in [5.41, 5.74) is 7.94. The highest BCUT2D eigenvalue weighted by Crippen LogP contribution is 2.30. The molecule has 2 atom stereocenters. The van der Waals surface area contributed by atoms with Gasteiger partial charge in [0.2, 0.25) is 5.91 Å². The number of anilines is 1. The van der Waals surface area contributed by atoms with Gasteiger partial charge in [0, 0.05) is 12.2 Å². The Bertz CT molecular complexity index is 542. The predicted molar refractivity (Wildman–Crippen MR) is 76.9 cm³/mol. The first-order valence-corrected chi connectivity index (χ1v) is 6.88. The minimum atomic E-state index is -0.950. The van der Waals surface area contributed by atoms with Gasteiger partial charge in [-0.2, -0.15) is 0 Å². The van der Waals surface area contributed by atoms with Gasteiger partial charge in [0.05, 0.1) is 11.6 Å². The van der Waals surface area contributed by atoms with E-state index in [1.54, 1.807) is 17.0 Å². The molecule has 1 aromatic carbocycles. The standard InChI is InChI=1S/C15H20N2O3/c1-3-9(2)13(16)14(18)17-7-6-10-8-11(15(19)20)4-5-12(10)17/h4-5,8-9,13H,3,6-7,16H2,1-2H3,(H,19,20)/t9-,13-/m0/s1. The molecular formula is C15H20N2O3. The minimum Gasteiger partial charge on any atom is -0.478 e. The van der Waals surface area contributed by atoms with E-state index in [2.05, 4.69) is 0 Å². The van der Waals surface area contributed by atoms with E-state index in [1.165, 1.54) is 6.07 Å². The van der Waals surface area contributed by atoms with Crippen molar-refractivity contribution in [2.75, 3.05) is 11.4 Å². The van der Waals surface area contributed by atoms with Crippen LogP contribution in [0.15, 0.2) is 18.2 Å². The molecule has 0 saturated heterocycles. The molecule has 2 rings (SSSR count). The van der Waals surface area contributed by atoms with Crippen LogP contribution in [0.5, 0.6) is 0 Å². The molecule has 0 fully saturated rings. The molecule has 0 unspecified atom stereocenters. The van der Waals surface area contributed by atoms with E-state index >= 15 is 0 Å². The van der Waals surface area contributed by atoms with Crippen LogP contribution in [-0.2, 0) is 11.2 Å². The Morgan fingerprint density at radius 2 is 2.15 bits per heavy atom. The number of benzene rings is 1. The Balaban J connectivity index is 2.24. The molecule has 0 aliphatic carbocycles. The number of carboxylic acid groups (broad SMARTS) is 1. The van der Waals surface area contributed by atoms with E-state index in [0.717, 1.165) is 17.7 Å². The van der Waals surface area contributed by atoms with Crippen LogP contribution in [0.4, 0.5) is 5.69 Å². The number of aromatic carboxylic acids is 1. The van der Waals surface area contributed by atoms with Crippen LogP contribution < -0.4 is 10.6 Å². The highest BCUT2D eigenvalue weighted by atomic mass is 16.4. The quantitative estimate of drug-likeness (QED) is 0.875. The molecule has 0 saturated carbocycles. The first-order chi connectivity index (χ1) is 9.45. The van der Waals surface area contributed by atoms with Crippen LogP contribution in [-0.4, -0.2) is 29.6 Å². The van der Waals surface area contributed by atoms with Gasteiger partial charge in [-0.1, -0.05) is 20.3 Å². The number of hydrogen-bond acceptors (Lipinski definition) is 3. The van der Waals surface area contributed by atoms with Crippen molar-refractivity contribution in [2.45, 2.75) is 32.7 Å². The lowest BCUT2D eigenvalue weighted by Crippen LogP contribution is -2.46. The van der Waals surface area contributed by atoms with Gasteiger partial charge < -0.3 is 15.7 Å². The summed E-state index contributed by atoms with van der Waals surface area (Å²) in [6, 6.07) is 4.36. The molecule has 1 aliphatic heterocycles. The maximum atomic E-state index is 12.4. The molecule has 0 bridgehead atoms. The second-order valence-electron chi connectivity index (χ2n) is 5.30. The molecule has 1 heterocycles. The third-order valence-electron chi connectivity index (χ3n) is 4.03. The number of carbonyl (C=O) groups is 2. The highest BCUT2D eigenvalue weighted by molar-refractivity contribution is 5.99. The number of nitrogens with zero attached hydrogens (tertiary/aromatic N) is 1. The lowest BCUT2D eigenvalue weighted by molar-refractivity contribution is -0.120. The average Bonchev–Trinajstić information content (AvgIpc) is 2.87. The van der Waals surface area contributed by atoms with Crippen LogP contribution >= 0.6 is 0 Å². The fourth-order valence-corrected chi connectivity index (χ4v) is 2.44. The Morgan fingerprint density at radius 1 is 1.45 bits per heavy atom. The fraction of sp³-hybridized carbons (Fsp3) is 0.467. The Labute approximate surface area is 118 Å². The molecule has 5 nitrogen and oxygen atoms in total. The topological polar surface area (TPSA) is 83.6 Å². The van der Waals surface area contributed by atoms with Crippen molar-refractivity contribution in [1.82, 2.24) is 0 Å². The van der Waals surface area contributed by atoms with Gasteiger partial charge in [0.15, 0.2) is 0 Å². The molecule has 0 aromatic heterocycles. The van der Waals surface area contributed by atoms with Gasteiger partial charge in [0.1, 0.15) is 0 Å². The number of carbonyl (C=O) groups excluding carboxylic acids is 1. The van der Waals surface area contributed by atoms with E-state index in [4.69, 9.17) is 10.8 Å². The van der Waals surface area contributed by atoms with E-state index in [9.17, 15) is 9.59 Å². The summed E-state index contributed by atoms with van der Waals surface area (Å²) in [7, 11) is 0. The summed E-state index contributed by atoms with van der Waals surface area (Å²) in [5.74, 6) is -0.903. The lowest BCUT2D eigenvalue weighted by atomic mass is 9.99. The zero-order chi connectivity index (χ0) is 14.9. The summed E-state index contributed by atoms with van der Waals surface area (Å²) >= 11 is 0. The van der Waals surface area contributed by atoms with Crippen molar-refractivity contribution in [3.8, 4) is 0 Å². The zero-order valence-electron chi connectivity index (χ0n) is 11.8. The average molecular weight is 276 g/mol.